The fourth-order valence-corrected chi connectivity index (χ4v) is 3.54. The van der Waals surface area contributed by atoms with Crippen LogP contribution < -0.4 is 0 Å². The van der Waals surface area contributed by atoms with Crippen molar-refractivity contribution in [2.45, 2.75) is 45.6 Å². The Hall–Kier alpha value is -0.340. The van der Waals surface area contributed by atoms with Gasteiger partial charge < -0.3 is 5.11 Å². The Morgan fingerprint density at radius 2 is 2.40 bits per heavy atom. The standard InChI is InChI=1S/C13H20OS/c1-13(2)6-3-4-11(13)12(14)8-10-5-7-15-9-10/h5,7,9,11-12,14H,3-4,6,8H2,1-2H3. The van der Waals surface area contributed by atoms with Crippen molar-refractivity contribution >= 4 is 11.3 Å². The summed E-state index contributed by atoms with van der Waals surface area (Å²) >= 11 is 1.71. The third-order valence-electron chi connectivity index (χ3n) is 3.83. The van der Waals surface area contributed by atoms with Gasteiger partial charge in [0.1, 0.15) is 0 Å². The fraction of sp³-hybridized carbons (Fsp3) is 0.692. The van der Waals surface area contributed by atoms with Gasteiger partial charge in [0.2, 0.25) is 0 Å². The van der Waals surface area contributed by atoms with Crippen LogP contribution in [-0.2, 0) is 6.42 Å². The van der Waals surface area contributed by atoms with Gasteiger partial charge in [-0.15, -0.1) is 0 Å². The minimum absolute atomic E-state index is 0.155. The van der Waals surface area contributed by atoms with Gasteiger partial charge in [-0.1, -0.05) is 20.3 Å². The fourth-order valence-electron chi connectivity index (χ4n) is 2.86. The molecule has 1 heterocycles. The summed E-state index contributed by atoms with van der Waals surface area (Å²) in [6.07, 6.45) is 4.41. The summed E-state index contributed by atoms with van der Waals surface area (Å²) in [7, 11) is 0. The van der Waals surface area contributed by atoms with Gasteiger partial charge in [0.25, 0.3) is 0 Å². The average Bonchev–Trinajstić information content (AvgIpc) is 2.73. The smallest absolute Gasteiger partial charge is 0.0614 e. The molecule has 0 saturated heterocycles. The zero-order valence-electron chi connectivity index (χ0n) is 9.57. The average molecular weight is 224 g/mol. The SMILES string of the molecule is CC1(C)CCCC1C(O)Cc1ccsc1. The van der Waals surface area contributed by atoms with E-state index in [2.05, 4.69) is 30.7 Å². The topological polar surface area (TPSA) is 20.2 Å². The molecule has 0 aliphatic heterocycles. The minimum Gasteiger partial charge on any atom is -0.392 e. The first kappa shape index (κ1) is 11.2. The molecular formula is C13H20OS. The lowest BCUT2D eigenvalue weighted by molar-refractivity contribution is 0.0543. The van der Waals surface area contributed by atoms with Gasteiger partial charge in [0, 0.05) is 0 Å². The summed E-state index contributed by atoms with van der Waals surface area (Å²) in [6.45, 7) is 4.59. The molecule has 84 valence electrons. The quantitative estimate of drug-likeness (QED) is 0.833. The van der Waals surface area contributed by atoms with E-state index in [1.165, 1.54) is 24.8 Å². The second-order valence-electron chi connectivity index (χ2n) is 5.39. The van der Waals surface area contributed by atoms with Crippen LogP contribution in [0.1, 0.15) is 38.7 Å². The highest BCUT2D eigenvalue weighted by molar-refractivity contribution is 7.07. The van der Waals surface area contributed by atoms with Gasteiger partial charge in [-0.2, -0.15) is 11.3 Å². The Bertz CT molecular complexity index is 302. The highest BCUT2D eigenvalue weighted by Gasteiger charge is 2.38. The summed E-state index contributed by atoms with van der Waals surface area (Å²) in [5.41, 5.74) is 1.62. The number of hydrogen-bond acceptors (Lipinski definition) is 2. The Morgan fingerprint density at radius 3 is 2.93 bits per heavy atom. The highest BCUT2D eigenvalue weighted by atomic mass is 32.1. The number of aliphatic hydroxyl groups is 1. The van der Waals surface area contributed by atoms with Crippen LogP contribution in [0.2, 0.25) is 0 Å². The maximum atomic E-state index is 10.3. The van der Waals surface area contributed by atoms with Gasteiger partial charge in [-0.05, 0) is 53.0 Å². The molecule has 1 aromatic rings. The molecule has 2 rings (SSSR count). The molecule has 1 aliphatic carbocycles. The van der Waals surface area contributed by atoms with E-state index in [1.54, 1.807) is 11.3 Å². The summed E-state index contributed by atoms with van der Waals surface area (Å²) in [5.74, 6) is 0.484. The zero-order valence-corrected chi connectivity index (χ0v) is 10.4. The van der Waals surface area contributed by atoms with Crippen LogP contribution >= 0.6 is 11.3 Å². The molecule has 0 aromatic carbocycles. The predicted octanol–water partition coefficient (Wildman–Crippen LogP) is 3.48. The molecule has 0 radical (unpaired) electrons. The third kappa shape index (κ3) is 2.43. The van der Waals surface area contributed by atoms with E-state index in [0.29, 0.717) is 11.3 Å². The zero-order chi connectivity index (χ0) is 10.9. The van der Waals surface area contributed by atoms with Crippen molar-refractivity contribution in [1.82, 2.24) is 0 Å². The van der Waals surface area contributed by atoms with E-state index >= 15 is 0 Å². The molecule has 0 amide bonds. The molecule has 1 nitrogen and oxygen atoms in total. The minimum atomic E-state index is -0.155. The lowest BCUT2D eigenvalue weighted by Crippen LogP contribution is -2.31. The van der Waals surface area contributed by atoms with Crippen LogP contribution in [0.5, 0.6) is 0 Å². The van der Waals surface area contributed by atoms with E-state index in [1.807, 2.05) is 0 Å². The van der Waals surface area contributed by atoms with E-state index in [9.17, 15) is 5.11 Å². The first-order valence-corrected chi connectivity index (χ1v) is 6.73. The van der Waals surface area contributed by atoms with Crippen molar-refractivity contribution in [3.05, 3.63) is 22.4 Å². The largest absolute Gasteiger partial charge is 0.392 e. The van der Waals surface area contributed by atoms with E-state index in [4.69, 9.17) is 0 Å². The Kier molecular flexibility index (Phi) is 3.17. The Morgan fingerprint density at radius 1 is 1.60 bits per heavy atom. The normalized spacial score (nSPS) is 26.7. The van der Waals surface area contributed by atoms with Crippen molar-refractivity contribution in [2.75, 3.05) is 0 Å². The molecule has 2 unspecified atom stereocenters. The second kappa shape index (κ2) is 4.26. The number of thiophene rings is 1. The van der Waals surface area contributed by atoms with Crippen LogP contribution in [0.15, 0.2) is 16.8 Å². The van der Waals surface area contributed by atoms with Crippen LogP contribution in [0.4, 0.5) is 0 Å². The van der Waals surface area contributed by atoms with E-state index < -0.39 is 0 Å². The second-order valence-corrected chi connectivity index (χ2v) is 6.17. The molecule has 2 heteroatoms. The molecule has 1 aliphatic rings. The first-order chi connectivity index (χ1) is 7.09. The molecule has 1 N–H and O–H groups in total. The van der Waals surface area contributed by atoms with Crippen molar-refractivity contribution in [2.24, 2.45) is 11.3 Å². The van der Waals surface area contributed by atoms with Crippen LogP contribution in [0.25, 0.3) is 0 Å². The Balaban J connectivity index is 1.99. The van der Waals surface area contributed by atoms with Crippen molar-refractivity contribution in [3.8, 4) is 0 Å². The molecule has 1 aromatic heterocycles. The highest BCUT2D eigenvalue weighted by Crippen LogP contribution is 2.44. The molecular weight excluding hydrogens is 204 g/mol. The lowest BCUT2D eigenvalue weighted by Gasteiger charge is -2.31. The Labute approximate surface area is 96.1 Å². The van der Waals surface area contributed by atoms with Crippen LogP contribution in [0.3, 0.4) is 0 Å². The molecule has 1 saturated carbocycles. The van der Waals surface area contributed by atoms with Crippen molar-refractivity contribution < 1.29 is 5.11 Å². The number of hydrogen-bond donors (Lipinski definition) is 1. The monoisotopic (exact) mass is 224 g/mol. The van der Waals surface area contributed by atoms with E-state index in [-0.39, 0.29) is 6.10 Å². The lowest BCUT2D eigenvalue weighted by atomic mass is 9.77. The summed E-state index contributed by atoms with van der Waals surface area (Å²) in [6, 6.07) is 2.12. The predicted molar refractivity (Wildman–Crippen MR) is 65.2 cm³/mol. The summed E-state index contributed by atoms with van der Waals surface area (Å²) < 4.78 is 0. The van der Waals surface area contributed by atoms with Gasteiger partial charge in [-0.25, -0.2) is 0 Å². The van der Waals surface area contributed by atoms with Gasteiger partial charge in [-0.3, -0.25) is 0 Å². The summed E-state index contributed by atoms with van der Waals surface area (Å²) in [5, 5.41) is 14.5. The maximum Gasteiger partial charge on any atom is 0.0614 e. The van der Waals surface area contributed by atoms with Crippen molar-refractivity contribution in [1.29, 1.82) is 0 Å². The third-order valence-corrected chi connectivity index (χ3v) is 4.56. The number of aliphatic hydroxyl groups excluding tert-OH is 1. The van der Waals surface area contributed by atoms with Crippen molar-refractivity contribution in [3.63, 3.8) is 0 Å². The molecule has 0 spiro atoms. The maximum absolute atomic E-state index is 10.3. The molecule has 2 atom stereocenters. The molecule has 15 heavy (non-hydrogen) atoms. The van der Waals surface area contributed by atoms with E-state index in [0.717, 1.165) is 6.42 Å². The van der Waals surface area contributed by atoms with Crippen LogP contribution in [-0.4, -0.2) is 11.2 Å². The van der Waals surface area contributed by atoms with Gasteiger partial charge in [0.15, 0.2) is 0 Å². The van der Waals surface area contributed by atoms with Gasteiger partial charge in [0.05, 0.1) is 6.10 Å². The molecule has 1 fully saturated rings. The van der Waals surface area contributed by atoms with Gasteiger partial charge >= 0.3 is 0 Å². The first-order valence-electron chi connectivity index (χ1n) is 5.79. The van der Waals surface area contributed by atoms with Crippen LogP contribution in [0, 0.1) is 11.3 Å². The molecule has 0 bridgehead atoms. The summed E-state index contributed by atoms with van der Waals surface area (Å²) in [4.78, 5) is 0. The number of rotatable bonds is 3.